The predicted molar refractivity (Wildman–Crippen MR) is 235 cm³/mol. The number of anilines is 3. The van der Waals surface area contributed by atoms with Crippen molar-refractivity contribution in [2.75, 3.05) is 17.2 Å². The molecule has 0 amide bonds. The third-order valence-electron chi connectivity index (χ3n) is 11.6. The quantitative estimate of drug-likeness (QED) is 0.156. The zero-order valence-corrected chi connectivity index (χ0v) is 32.3. The van der Waals surface area contributed by atoms with Crippen molar-refractivity contribution in [1.29, 1.82) is 0 Å². The van der Waals surface area contributed by atoms with Gasteiger partial charge in [-0.3, -0.25) is 0 Å². The van der Waals surface area contributed by atoms with Crippen LogP contribution in [0.25, 0.3) is 22.3 Å². The molecular weight excluding hydrogens is 725 g/mol. The number of benzene rings is 8. The Morgan fingerprint density at radius 3 is 1.02 bits per heavy atom. The molecule has 8 aromatic carbocycles. The third-order valence-corrected chi connectivity index (χ3v) is 12.3. The Bertz CT molecular complexity index is 2580. The van der Waals surface area contributed by atoms with E-state index in [0.717, 1.165) is 16.8 Å². The molecule has 0 spiro atoms. The van der Waals surface area contributed by atoms with E-state index in [1.165, 1.54) is 61.2 Å². The molecule has 10 rings (SSSR count). The molecule has 56 heavy (non-hydrogen) atoms. The SMILES string of the molecule is Cc1ccc(C2(c3ccc(N)cc3)c3ccccc3-c3ccccc32)cc1.Nc1ccc(C2(c3ccc(N)c(Cl)c3)c3ccccc3-c3ccccc32)cc1Cl. The Balaban J connectivity index is 0.000000147. The first-order valence-corrected chi connectivity index (χ1v) is 19.4. The van der Waals surface area contributed by atoms with Crippen molar-refractivity contribution in [3.8, 4) is 22.3 Å². The minimum atomic E-state index is -0.568. The fourth-order valence-corrected chi connectivity index (χ4v) is 9.47. The summed E-state index contributed by atoms with van der Waals surface area (Å²) in [7, 11) is 0. The van der Waals surface area contributed by atoms with E-state index >= 15 is 0 Å². The lowest BCUT2D eigenvalue weighted by Crippen LogP contribution is -2.28. The van der Waals surface area contributed by atoms with E-state index in [4.69, 9.17) is 40.4 Å². The highest BCUT2D eigenvalue weighted by molar-refractivity contribution is 6.33. The van der Waals surface area contributed by atoms with Crippen molar-refractivity contribution in [3.63, 3.8) is 0 Å². The van der Waals surface area contributed by atoms with Crippen LogP contribution in [0.15, 0.2) is 182 Å². The van der Waals surface area contributed by atoms with Gasteiger partial charge in [0.15, 0.2) is 0 Å². The Hall–Kier alpha value is -6.26. The highest BCUT2D eigenvalue weighted by Gasteiger charge is 2.47. The van der Waals surface area contributed by atoms with Crippen molar-refractivity contribution in [1.82, 2.24) is 0 Å². The van der Waals surface area contributed by atoms with Gasteiger partial charge < -0.3 is 17.2 Å². The van der Waals surface area contributed by atoms with Crippen LogP contribution >= 0.6 is 23.2 Å². The number of aryl methyl sites for hydroxylation is 1. The second kappa shape index (κ2) is 13.8. The number of hydrogen-bond donors (Lipinski definition) is 3. The molecule has 2 aliphatic rings. The van der Waals surface area contributed by atoms with Crippen molar-refractivity contribution in [3.05, 3.63) is 242 Å². The van der Waals surface area contributed by atoms with Crippen LogP contribution in [-0.2, 0) is 10.8 Å². The monoisotopic (exact) mass is 763 g/mol. The average molecular weight is 765 g/mol. The van der Waals surface area contributed by atoms with Crippen LogP contribution in [0.5, 0.6) is 0 Å². The predicted octanol–water partition coefficient (Wildman–Crippen LogP) is 12.5. The lowest BCUT2D eigenvalue weighted by Gasteiger charge is -2.34. The summed E-state index contributed by atoms with van der Waals surface area (Å²) in [5.41, 5.74) is 35.0. The minimum absolute atomic E-state index is 0.325. The molecule has 0 unspecified atom stereocenters. The Labute approximate surface area is 338 Å². The first kappa shape index (κ1) is 35.4. The van der Waals surface area contributed by atoms with Crippen LogP contribution in [0.1, 0.15) is 50.1 Å². The highest BCUT2D eigenvalue weighted by atomic mass is 35.5. The number of nitrogens with two attached hydrogens (primary N) is 3. The molecule has 5 heteroatoms. The maximum atomic E-state index is 6.48. The van der Waals surface area contributed by atoms with Crippen LogP contribution in [0.2, 0.25) is 10.0 Å². The normalized spacial score (nSPS) is 13.8. The number of halogens is 2. The van der Waals surface area contributed by atoms with Gasteiger partial charge in [0.25, 0.3) is 0 Å². The van der Waals surface area contributed by atoms with Gasteiger partial charge in [-0.25, -0.2) is 0 Å². The summed E-state index contributed by atoms with van der Waals surface area (Å²) < 4.78 is 0. The smallest absolute Gasteiger partial charge is 0.0714 e. The standard InChI is InChI=1S/C26H21N.C25H18Cl2N2/c1-18-10-12-19(13-11-18)26(20-14-16-21(27)17-15-20)24-8-4-2-6-22(24)23-7-3-5-9-25(23)26;26-21-13-15(9-11-23(21)28)25(16-10-12-24(29)22(27)14-16)19-7-3-1-5-17(19)18-6-2-4-8-20(18)25/h2-17H,27H2,1H3;1-14H,28-29H2. The Morgan fingerprint density at radius 1 is 0.357 bits per heavy atom. The van der Waals surface area contributed by atoms with E-state index in [-0.39, 0.29) is 5.41 Å². The Kier molecular flexibility index (Phi) is 8.73. The number of hydrogen-bond acceptors (Lipinski definition) is 3. The van der Waals surface area contributed by atoms with E-state index in [9.17, 15) is 0 Å². The van der Waals surface area contributed by atoms with Crippen molar-refractivity contribution < 1.29 is 0 Å². The van der Waals surface area contributed by atoms with Gasteiger partial charge in [-0.1, -0.05) is 174 Å². The molecule has 0 aliphatic heterocycles. The minimum Gasteiger partial charge on any atom is -0.399 e. The largest absolute Gasteiger partial charge is 0.399 e. The van der Waals surface area contributed by atoms with E-state index < -0.39 is 5.41 Å². The van der Waals surface area contributed by atoms with Gasteiger partial charge in [0.1, 0.15) is 0 Å². The fraction of sp³-hybridized carbons (Fsp3) is 0.0588. The topological polar surface area (TPSA) is 78.1 Å². The zero-order chi connectivity index (χ0) is 38.6. The first-order chi connectivity index (χ1) is 27.2. The molecule has 0 heterocycles. The van der Waals surface area contributed by atoms with Crippen molar-refractivity contribution in [2.24, 2.45) is 0 Å². The molecular formula is C51H39Cl2N3. The van der Waals surface area contributed by atoms with Gasteiger partial charge >= 0.3 is 0 Å². The molecule has 3 nitrogen and oxygen atoms in total. The summed E-state index contributed by atoms with van der Waals surface area (Å²) in [5.74, 6) is 0. The maximum Gasteiger partial charge on any atom is 0.0714 e. The second-order valence-corrected chi connectivity index (χ2v) is 15.5. The molecule has 0 saturated heterocycles. The first-order valence-electron chi connectivity index (χ1n) is 18.7. The van der Waals surface area contributed by atoms with E-state index in [1.54, 1.807) is 0 Å². The maximum absolute atomic E-state index is 6.48. The van der Waals surface area contributed by atoms with Gasteiger partial charge in [-0.2, -0.15) is 0 Å². The van der Waals surface area contributed by atoms with Crippen molar-refractivity contribution >= 4 is 40.3 Å². The van der Waals surface area contributed by atoms with E-state index in [0.29, 0.717) is 21.4 Å². The van der Waals surface area contributed by atoms with Crippen molar-refractivity contribution in [2.45, 2.75) is 17.8 Å². The van der Waals surface area contributed by atoms with E-state index in [1.807, 2.05) is 48.5 Å². The summed E-state index contributed by atoms with van der Waals surface area (Å²) in [6, 6.07) is 63.5. The molecule has 0 fully saturated rings. The molecule has 0 atom stereocenters. The summed E-state index contributed by atoms with van der Waals surface area (Å²) in [6.45, 7) is 2.14. The summed E-state index contributed by atoms with van der Waals surface area (Å²) in [4.78, 5) is 0. The molecule has 272 valence electrons. The van der Waals surface area contributed by atoms with E-state index in [2.05, 4.69) is 140 Å². The summed E-state index contributed by atoms with van der Waals surface area (Å²) in [5, 5.41) is 1.07. The van der Waals surface area contributed by atoms with Crippen LogP contribution < -0.4 is 17.2 Å². The van der Waals surface area contributed by atoms with Crippen LogP contribution in [0.3, 0.4) is 0 Å². The van der Waals surface area contributed by atoms with Gasteiger partial charge in [-0.05, 0) is 110 Å². The summed E-state index contributed by atoms with van der Waals surface area (Å²) in [6.07, 6.45) is 0. The lowest BCUT2D eigenvalue weighted by molar-refractivity contribution is 0.768. The third kappa shape index (κ3) is 5.34. The van der Waals surface area contributed by atoms with Crippen LogP contribution in [0, 0.1) is 6.92 Å². The Morgan fingerprint density at radius 2 is 0.661 bits per heavy atom. The lowest BCUT2D eigenvalue weighted by atomic mass is 9.67. The molecule has 2 aliphatic carbocycles. The molecule has 0 bridgehead atoms. The molecule has 0 saturated carbocycles. The molecule has 0 radical (unpaired) electrons. The molecule has 6 N–H and O–H groups in total. The highest BCUT2D eigenvalue weighted by Crippen LogP contribution is 2.58. The average Bonchev–Trinajstić information content (AvgIpc) is 3.70. The summed E-state index contributed by atoms with van der Waals surface area (Å²) >= 11 is 13.0. The van der Waals surface area contributed by atoms with Gasteiger partial charge in [0.2, 0.25) is 0 Å². The van der Waals surface area contributed by atoms with Crippen LogP contribution in [-0.4, -0.2) is 0 Å². The zero-order valence-electron chi connectivity index (χ0n) is 30.8. The number of rotatable bonds is 4. The van der Waals surface area contributed by atoms with Crippen LogP contribution in [0.4, 0.5) is 17.1 Å². The second-order valence-electron chi connectivity index (χ2n) is 14.6. The number of fused-ring (bicyclic) bond motifs is 6. The van der Waals surface area contributed by atoms with Gasteiger partial charge in [0.05, 0.1) is 32.3 Å². The van der Waals surface area contributed by atoms with Gasteiger partial charge in [-0.15, -0.1) is 0 Å². The fourth-order valence-electron chi connectivity index (χ4n) is 9.10. The number of nitrogen functional groups attached to an aromatic ring is 3. The van der Waals surface area contributed by atoms with Gasteiger partial charge in [0, 0.05) is 5.69 Å². The molecule has 0 aromatic heterocycles. The molecule has 8 aromatic rings.